The third-order valence-corrected chi connectivity index (χ3v) is 9.68. The molecule has 49 heavy (non-hydrogen) atoms. The summed E-state index contributed by atoms with van der Waals surface area (Å²) in [5.74, 6) is 0. The smallest absolute Gasteiger partial charge is 0.143 e. The third-order valence-electron chi connectivity index (χ3n) is 9.68. The van der Waals surface area contributed by atoms with Crippen LogP contribution in [0.1, 0.15) is 0 Å². The van der Waals surface area contributed by atoms with Crippen LogP contribution < -0.4 is 4.90 Å². The largest absolute Gasteiger partial charge is 0.456 e. The lowest BCUT2D eigenvalue weighted by Gasteiger charge is -2.28. The van der Waals surface area contributed by atoms with Gasteiger partial charge in [-0.1, -0.05) is 121 Å². The van der Waals surface area contributed by atoms with Gasteiger partial charge >= 0.3 is 0 Å². The lowest BCUT2D eigenvalue weighted by atomic mass is 9.98. The van der Waals surface area contributed by atoms with E-state index in [1.807, 2.05) is 12.1 Å². The molecule has 3 nitrogen and oxygen atoms in total. The molecule has 10 aromatic rings. The summed E-state index contributed by atoms with van der Waals surface area (Å²) in [5, 5.41) is 6.82. The first-order valence-electron chi connectivity index (χ1n) is 16.6. The molecule has 10 rings (SSSR count). The van der Waals surface area contributed by atoms with Gasteiger partial charge in [-0.2, -0.15) is 0 Å². The van der Waals surface area contributed by atoms with Crippen molar-refractivity contribution in [3.63, 3.8) is 0 Å². The highest BCUT2D eigenvalue weighted by Crippen LogP contribution is 2.45. The molecule has 3 heteroatoms. The summed E-state index contributed by atoms with van der Waals surface area (Å²) in [6.07, 6.45) is 0. The minimum Gasteiger partial charge on any atom is -0.456 e. The Balaban J connectivity index is 1.11. The van der Waals surface area contributed by atoms with Crippen LogP contribution in [0.25, 0.3) is 76.9 Å². The number of rotatable bonds is 5. The van der Waals surface area contributed by atoms with Crippen molar-refractivity contribution in [1.29, 1.82) is 0 Å². The van der Waals surface area contributed by atoms with Gasteiger partial charge in [-0.3, -0.25) is 0 Å². The standard InChI is InChI=1S/C46H29NO2/c1-2-12-33(13-3-1)47(34-25-21-30(22-26-34)32-24-27-38-37-16-7-9-20-43(37)48-44(38)29-32)42-19-8-6-15-36(42)39-17-10-18-40-41-28-23-31-11-4-5-14-35(31)45(41)49-46(39)40/h1-29H. The van der Waals surface area contributed by atoms with Crippen LogP contribution >= 0.6 is 0 Å². The van der Waals surface area contributed by atoms with Gasteiger partial charge in [0.1, 0.15) is 22.3 Å². The molecule has 230 valence electrons. The van der Waals surface area contributed by atoms with Gasteiger partial charge in [-0.25, -0.2) is 0 Å². The van der Waals surface area contributed by atoms with Crippen LogP contribution in [0.5, 0.6) is 0 Å². The molecule has 0 amide bonds. The fourth-order valence-electron chi connectivity index (χ4n) is 7.35. The molecule has 0 saturated carbocycles. The number of para-hydroxylation sites is 4. The van der Waals surface area contributed by atoms with E-state index in [4.69, 9.17) is 8.83 Å². The van der Waals surface area contributed by atoms with Gasteiger partial charge in [0.2, 0.25) is 0 Å². The number of benzene rings is 8. The summed E-state index contributed by atoms with van der Waals surface area (Å²) in [6.45, 7) is 0. The number of hydrogen-bond acceptors (Lipinski definition) is 3. The lowest BCUT2D eigenvalue weighted by Crippen LogP contribution is -2.11. The Kier molecular flexibility index (Phi) is 6.18. The van der Waals surface area contributed by atoms with Crippen LogP contribution in [0.2, 0.25) is 0 Å². The van der Waals surface area contributed by atoms with E-state index < -0.39 is 0 Å². The summed E-state index contributed by atoms with van der Waals surface area (Å²) < 4.78 is 13.0. The Morgan fingerprint density at radius 2 is 0.980 bits per heavy atom. The zero-order chi connectivity index (χ0) is 32.3. The van der Waals surface area contributed by atoms with Gasteiger partial charge in [0.25, 0.3) is 0 Å². The number of anilines is 3. The second-order valence-electron chi connectivity index (χ2n) is 12.5. The van der Waals surface area contributed by atoms with Crippen LogP contribution in [0.3, 0.4) is 0 Å². The van der Waals surface area contributed by atoms with E-state index in [0.717, 1.165) is 88.6 Å². The average molecular weight is 628 g/mol. The quantitative estimate of drug-likeness (QED) is 0.190. The van der Waals surface area contributed by atoms with Gasteiger partial charge in [0, 0.05) is 49.4 Å². The minimum absolute atomic E-state index is 0.894. The van der Waals surface area contributed by atoms with E-state index in [0.29, 0.717) is 0 Å². The Morgan fingerprint density at radius 1 is 0.347 bits per heavy atom. The molecule has 0 aliphatic carbocycles. The van der Waals surface area contributed by atoms with E-state index in [9.17, 15) is 0 Å². The highest BCUT2D eigenvalue weighted by atomic mass is 16.3. The molecule has 0 aliphatic rings. The first kappa shape index (κ1) is 27.5. The summed E-state index contributed by atoms with van der Waals surface area (Å²) in [6, 6.07) is 61.9. The van der Waals surface area contributed by atoms with Gasteiger partial charge in [-0.05, 0) is 71.1 Å². The molecule has 0 radical (unpaired) electrons. The molecule has 0 spiro atoms. The Bertz CT molecular complexity index is 2830. The Labute approximate surface area is 282 Å². The molecular weight excluding hydrogens is 599 g/mol. The van der Waals surface area contributed by atoms with Crippen molar-refractivity contribution >= 4 is 71.7 Å². The van der Waals surface area contributed by atoms with Crippen LogP contribution in [-0.4, -0.2) is 0 Å². The van der Waals surface area contributed by atoms with Crippen LogP contribution in [0.4, 0.5) is 17.1 Å². The molecule has 2 aromatic heterocycles. The molecule has 8 aromatic carbocycles. The SMILES string of the molecule is c1ccc(N(c2ccc(-c3ccc4c(c3)oc3ccccc34)cc2)c2ccccc2-c2cccc3c2oc2c4ccccc4ccc32)cc1. The normalized spacial score (nSPS) is 11.7. The van der Waals surface area contributed by atoms with Crippen LogP contribution in [-0.2, 0) is 0 Å². The molecule has 0 N–H and O–H groups in total. The zero-order valence-electron chi connectivity index (χ0n) is 26.5. The molecule has 0 atom stereocenters. The monoisotopic (exact) mass is 627 g/mol. The Morgan fingerprint density at radius 3 is 1.88 bits per heavy atom. The number of fused-ring (bicyclic) bond motifs is 8. The van der Waals surface area contributed by atoms with E-state index in [1.165, 1.54) is 5.39 Å². The van der Waals surface area contributed by atoms with Gasteiger partial charge in [0.15, 0.2) is 0 Å². The molecule has 0 unspecified atom stereocenters. The van der Waals surface area contributed by atoms with E-state index in [2.05, 4.69) is 169 Å². The van der Waals surface area contributed by atoms with E-state index in [1.54, 1.807) is 0 Å². The summed E-state index contributed by atoms with van der Waals surface area (Å²) in [7, 11) is 0. The fraction of sp³-hybridized carbons (Fsp3) is 0. The maximum Gasteiger partial charge on any atom is 0.143 e. The summed E-state index contributed by atoms with van der Waals surface area (Å²) in [5.41, 5.74) is 11.3. The highest BCUT2D eigenvalue weighted by Gasteiger charge is 2.21. The van der Waals surface area contributed by atoms with Crippen molar-refractivity contribution in [2.24, 2.45) is 0 Å². The van der Waals surface area contributed by atoms with E-state index in [-0.39, 0.29) is 0 Å². The van der Waals surface area contributed by atoms with Gasteiger partial charge in [-0.15, -0.1) is 0 Å². The second kappa shape index (κ2) is 11.0. The van der Waals surface area contributed by atoms with Crippen LogP contribution in [0.15, 0.2) is 185 Å². The van der Waals surface area contributed by atoms with Crippen LogP contribution in [0, 0.1) is 0 Å². The van der Waals surface area contributed by atoms with Gasteiger partial charge < -0.3 is 13.7 Å². The van der Waals surface area contributed by atoms with Gasteiger partial charge in [0.05, 0.1) is 5.69 Å². The molecular formula is C46H29NO2. The third kappa shape index (κ3) is 4.44. The van der Waals surface area contributed by atoms with Crippen molar-refractivity contribution in [2.75, 3.05) is 4.90 Å². The molecule has 0 saturated heterocycles. The Hall–Kier alpha value is -6.58. The van der Waals surface area contributed by atoms with Crippen molar-refractivity contribution in [3.8, 4) is 22.3 Å². The predicted molar refractivity (Wildman–Crippen MR) is 204 cm³/mol. The predicted octanol–water partition coefficient (Wildman–Crippen LogP) is 13.4. The second-order valence-corrected chi connectivity index (χ2v) is 12.5. The zero-order valence-corrected chi connectivity index (χ0v) is 26.5. The van der Waals surface area contributed by atoms with Crippen molar-refractivity contribution in [2.45, 2.75) is 0 Å². The maximum absolute atomic E-state index is 6.79. The van der Waals surface area contributed by atoms with E-state index >= 15 is 0 Å². The van der Waals surface area contributed by atoms with Crippen molar-refractivity contribution in [1.82, 2.24) is 0 Å². The number of nitrogens with zero attached hydrogens (tertiary/aromatic N) is 1. The topological polar surface area (TPSA) is 29.5 Å². The average Bonchev–Trinajstić information content (AvgIpc) is 3.74. The van der Waals surface area contributed by atoms with Crippen molar-refractivity contribution < 1.29 is 8.83 Å². The molecule has 0 fully saturated rings. The molecule has 0 aliphatic heterocycles. The fourth-order valence-corrected chi connectivity index (χ4v) is 7.35. The lowest BCUT2D eigenvalue weighted by molar-refractivity contribution is 0.669. The number of hydrogen-bond donors (Lipinski definition) is 0. The summed E-state index contributed by atoms with van der Waals surface area (Å²) in [4.78, 5) is 2.33. The minimum atomic E-state index is 0.894. The highest BCUT2D eigenvalue weighted by molar-refractivity contribution is 6.17. The summed E-state index contributed by atoms with van der Waals surface area (Å²) >= 11 is 0. The maximum atomic E-state index is 6.79. The first-order valence-corrected chi connectivity index (χ1v) is 16.6. The number of furan rings is 2. The molecule has 2 heterocycles. The first-order chi connectivity index (χ1) is 24.3. The van der Waals surface area contributed by atoms with Crippen molar-refractivity contribution in [3.05, 3.63) is 176 Å². The molecule has 0 bridgehead atoms.